The summed E-state index contributed by atoms with van der Waals surface area (Å²) >= 11 is 0. The van der Waals surface area contributed by atoms with Gasteiger partial charge in [-0.15, -0.1) is 0 Å². The van der Waals surface area contributed by atoms with Gasteiger partial charge in [0, 0.05) is 12.1 Å². The number of ether oxygens (including phenoxy) is 1. The first-order chi connectivity index (χ1) is 9.13. The van der Waals surface area contributed by atoms with Gasteiger partial charge in [-0.25, -0.2) is 0 Å². The maximum absolute atomic E-state index is 10.7. The SMILES string of the molecule is CNCC1CC(Oc2ccc([N+](=O)[O-])c(C#N)c2)C1. The molecule has 1 fully saturated rings. The number of benzene rings is 1. The number of nitrogens with one attached hydrogen (secondary N) is 1. The maximum Gasteiger partial charge on any atom is 0.287 e. The summed E-state index contributed by atoms with van der Waals surface area (Å²) in [6.07, 6.45) is 2.09. The lowest BCUT2D eigenvalue weighted by molar-refractivity contribution is -0.385. The summed E-state index contributed by atoms with van der Waals surface area (Å²) in [5, 5.41) is 22.7. The van der Waals surface area contributed by atoms with Gasteiger partial charge < -0.3 is 10.1 Å². The molecule has 0 spiro atoms. The highest BCUT2D eigenvalue weighted by Crippen LogP contribution is 2.32. The minimum atomic E-state index is -0.561. The van der Waals surface area contributed by atoms with Crippen molar-refractivity contribution in [2.45, 2.75) is 18.9 Å². The molecular weight excluding hydrogens is 246 g/mol. The second-order valence-corrected chi connectivity index (χ2v) is 4.68. The van der Waals surface area contributed by atoms with E-state index in [1.165, 1.54) is 12.1 Å². The Hall–Kier alpha value is -2.13. The van der Waals surface area contributed by atoms with Crippen molar-refractivity contribution in [2.24, 2.45) is 5.92 Å². The van der Waals surface area contributed by atoms with E-state index in [4.69, 9.17) is 10.00 Å². The van der Waals surface area contributed by atoms with Crippen molar-refractivity contribution in [3.8, 4) is 11.8 Å². The molecule has 0 unspecified atom stereocenters. The van der Waals surface area contributed by atoms with E-state index in [0.717, 1.165) is 19.4 Å². The van der Waals surface area contributed by atoms with Gasteiger partial charge in [0.05, 0.1) is 11.0 Å². The van der Waals surface area contributed by atoms with Gasteiger partial charge in [0.2, 0.25) is 0 Å². The Kier molecular flexibility index (Phi) is 3.97. The van der Waals surface area contributed by atoms with Crippen LogP contribution in [-0.4, -0.2) is 24.6 Å². The average Bonchev–Trinajstić information content (AvgIpc) is 2.35. The first-order valence-corrected chi connectivity index (χ1v) is 6.14. The van der Waals surface area contributed by atoms with E-state index >= 15 is 0 Å². The fraction of sp³-hybridized carbons (Fsp3) is 0.462. The van der Waals surface area contributed by atoms with Gasteiger partial charge >= 0.3 is 0 Å². The van der Waals surface area contributed by atoms with Gasteiger partial charge in [0.1, 0.15) is 17.4 Å². The topological polar surface area (TPSA) is 88.2 Å². The van der Waals surface area contributed by atoms with E-state index in [-0.39, 0.29) is 17.4 Å². The number of nitriles is 1. The number of nitro groups is 1. The van der Waals surface area contributed by atoms with E-state index in [1.54, 1.807) is 6.07 Å². The zero-order valence-electron chi connectivity index (χ0n) is 10.6. The van der Waals surface area contributed by atoms with Gasteiger partial charge in [-0.2, -0.15) is 5.26 Å². The molecule has 6 heteroatoms. The van der Waals surface area contributed by atoms with Crippen LogP contribution in [-0.2, 0) is 0 Å². The van der Waals surface area contributed by atoms with E-state index in [9.17, 15) is 10.1 Å². The molecule has 0 atom stereocenters. The third-order valence-electron chi connectivity index (χ3n) is 3.27. The molecule has 1 aliphatic rings. The molecule has 0 amide bonds. The monoisotopic (exact) mass is 261 g/mol. The second-order valence-electron chi connectivity index (χ2n) is 4.68. The van der Waals surface area contributed by atoms with E-state index < -0.39 is 4.92 Å². The second kappa shape index (κ2) is 5.67. The highest BCUT2D eigenvalue weighted by atomic mass is 16.6. The van der Waals surface area contributed by atoms with Crippen molar-refractivity contribution >= 4 is 5.69 Å². The highest BCUT2D eigenvalue weighted by molar-refractivity contribution is 5.52. The molecule has 0 bridgehead atoms. The largest absolute Gasteiger partial charge is 0.490 e. The van der Waals surface area contributed by atoms with Crippen LogP contribution in [0.2, 0.25) is 0 Å². The van der Waals surface area contributed by atoms with Crippen LogP contribution < -0.4 is 10.1 Å². The molecule has 1 saturated carbocycles. The number of nitrogens with zero attached hydrogens (tertiary/aromatic N) is 2. The number of hydrogen-bond acceptors (Lipinski definition) is 5. The molecule has 6 nitrogen and oxygen atoms in total. The van der Waals surface area contributed by atoms with Crippen molar-refractivity contribution in [3.63, 3.8) is 0 Å². The fourth-order valence-electron chi connectivity index (χ4n) is 2.26. The Balaban J connectivity index is 1.99. The molecule has 19 heavy (non-hydrogen) atoms. The number of rotatable bonds is 5. The predicted octanol–water partition coefficient (Wildman–Crippen LogP) is 1.84. The van der Waals surface area contributed by atoms with Gasteiger partial charge in [0.15, 0.2) is 0 Å². The van der Waals surface area contributed by atoms with E-state index in [1.807, 2.05) is 13.1 Å². The summed E-state index contributed by atoms with van der Waals surface area (Å²) in [5.74, 6) is 1.15. The van der Waals surface area contributed by atoms with E-state index in [2.05, 4.69) is 5.32 Å². The summed E-state index contributed by atoms with van der Waals surface area (Å²) in [6.45, 7) is 0.976. The number of hydrogen-bond donors (Lipinski definition) is 1. The van der Waals surface area contributed by atoms with Crippen molar-refractivity contribution in [1.29, 1.82) is 5.26 Å². The van der Waals surface area contributed by atoms with Crippen LogP contribution >= 0.6 is 0 Å². The van der Waals surface area contributed by atoms with Crippen molar-refractivity contribution in [1.82, 2.24) is 5.32 Å². The standard InChI is InChI=1S/C13H15N3O3/c1-15-8-9-4-12(5-9)19-11-2-3-13(16(17)18)10(6-11)7-14/h2-3,6,9,12,15H,4-5,8H2,1H3. The minimum Gasteiger partial charge on any atom is -0.490 e. The lowest BCUT2D eigenvalue weighted by atomic mass is 9.82. The van der Waals surface area contributed by atoms with Crippen LogP contribution in [0.4, 0.5) is 5.69 Å². The molecule has 0 saturated heterocycles. The summed E-state index contributed by atoms with van der Waals surface area (Å²) in [7, 11) is 1.92. The lowest BCUT2D eigenvalue weighted by Gasteiger charge is -2.35. The molecule has 0 heterocycles. The molecule has 2 rings (SSSR count). The third-order valence-corrected chi connectivity index (χ3v) is 3.27. The zero-order chi connectivity index (χ0) is 13.8. The molecule has 0 radical (unpaired) electrons. The van der Waals surface area contributed by atoms with Crippen LogP contribution in [0.1, 0.15) is 18.4 Å². The highest BCUT2D eigenvalue weighted by Gasteiger charge is 2.30. The summed E-state index contributed by atoms with van der Waals surface area (Å²) in [5.41, 5.74) is -0.148. The quantitative estimate of drug-likeness (QED) is 0.645. The Morgan fingerprint density at radius 2 is 2.32 bits per heavy atom. The normalized spacial score (nSPS) is 21.3. The van der Waals surface area contributed by atoms with Gasteiger partial charge in [-0.3, -0.25) is 10.1 Å². The zero-order valence-corrected chi connectivity index (χ0v) is 10.6. The predicted molar refractivity (Wildman–Crippen MR) is 68.9 cm³/mol. The van der Waals surface area contributed by atoms with Crippen molar-refractivity contribution in [3.05, 3.63) is 33.9 Å². The average molecular weight is 261 g/mol. The first-order valence-electron chi connectivity index (χ1n) is 6.14. The van der Waals surface area contributed by atoms with Crippen molar-refractivity contribution < 1.29 is 9.66 Å². The molecular formula is C13H15N3O3. The molecule has 0 aliphatic heterocycles. The number of nitro benzene ring substituents is 1. The Bertz CT molecular complexity index is 518. The maximum atomic E-state index is 10.7. The van der Waals surface area contributed by atoms with Crippen LogP contribution in [0.5, 0.6) is 5.75 Å². The third kappa shape index (κ3) is 3.01. The van der Waals surface area contributed by atoms with Crippen LogP contribution in [0.25, 0.3) is 0 Å². The minimum absolute atomic E-state index is 0.0357. The van der Waals surface area contributed by atoms with Crippen molar-refractivity contribution in [2.75, 3.05) is 13.6 Å². The molecule has 1 aliphatic carbocycles. The Labute approximate surface area is 111 Å². The van der Waals surface area contributed by atoms with Gasteiger partial charge in [-0.1, -0.05) is 0 Å². The first kappa shape index (κ1) is 13.3. The molecule has 1 N–H and O–H groups in total. The van der Waals surface area contributed by atoms with Gasteiger partial charge in [-0.05, 0) is 38.4 Å². The summed E-state index contributed by atoms with van der Waals surface area (Å²) in [6, 6.07) is 6.12. The van der Waals surface area contributed by atoms with Crippen LogP contribution in [0, 0.1) is 27.4 Å². The lowest BCUT2D eigenvalue weighted by Crippen LogP contribution is -2.38. The van der Waals surface area contributed by atoms with Gasteiger partial charge in [0.25, 0.3) is 5.69 Å². The fourth-order valence-corrected chi connectivity index (χ4v) is 2.26. The van der Waals surface area contributed by atoms with Crippen LogP contribution in [0.3, 0.4) is 0 Å². The molecule has 0 aromatic heterocycles. The Morgan fingerprint density at radius 1 is 1.58 bits per heavy atom. The summed E-state index contributed by atoms with van der Waals surface area (Å²) < 4.78 is 5.70. The molecule has 1 aromatic rings. The summed E-state index contributed by atoms with van der Waals surface area (Å²) in [4.78, 5) is 10.1. The van der Waals surface area contributed by atoms with E-state index in [0.29, 0.717) is 11.7 Å². The van der Waals surface area contributed by atoms with Crippen LogP contribution in [0.15, 0.2) is 18.2 Å². The smallest absolute Gasteiger partial charge is 0.287 e. The molecule has 1 aromatic carbocycles. The molecule has 100 valence electrons. The Morgan fingerprint density at radius 3 is 2.89 bits per heavy atom.